The SMILES string of the molecule is CCc1ccc(OC2CCCNCC2C)cc1. The van der Waals surface area contributed by atoms with Crippen LogP contribution in [0.15, 0.2) is 24.3 Å². The summed E-state index contributed by atoms with van der Waals surface area (Å²) in [6, 6.07) is 8.53. The summed E-state index contributed by atoms with van der Waals surface area (Å²) < 4.78 is 6.11. The van der Waals surface area contributed by atoms with Crippen LogP contribution in [-0.2, 0) is 6.42 Å². The van der Waals surface area contributed by atoms with E-state index in [1.807, 2.05) is 0 Å². The molecule has 1 aliphatic heterocycles. The minimum atomic E-state index is 0.359. The molecule has 0 amide bonds. The minimum absolute atomic E-state index is 0.359. The van der Waals surface area contributed by atoms with Crippen LogP contribution >= 0.6 is 0 Å². The lowest BCUT2D eigenvalue weighted by atomic mass is 10.0. The number of aryl methyl sites for hydroxylation is 1. The molecule has 1 heterocycles. The summed E-state index contributed by atoms with van der Waals surface area (Å²) in [4.78, 5) is 0. The normalized spacial score (nSPS) is 25.3. The van der Waals surface area contributed by atoms with Gasteiger partial charge in [-0.3, -0.25) is 0 Å². The number of nitrogens with one attached hydrogen (secondary N) is 1. The standard InChI is InChI=1S/C15H23NO/c1-3-13-6-8-14(9-7-13)17-15-5-4-10-16-11-12(15)2/h6-9,12,15-16H,3-5,10-11H2,1-2H3. The van der Waals surface area contributed by atoms with Crippen molar-refractivity contribution in [2.24, 2.45) is 5.92 Å². The van der Waals surface area contributed by atoms with Gasteiger partial charge in [0.25, 0.3) is 0 Å². The second-order valence-corrected chi connectivity index (χ2v) is 4.98. The van der Waals surface area contributed by atoms with E-state index < -0.39 is 0 Å². The lowest BCUT2D eigenvalue weighted by Gasteiger charge is -2.22. The van der Waals surface area contributed by atoms with Crippen LogP contribution in [0.4, 0.5) is 0 Å². The maximum Gasteiger partial charge on any atom is 0.119 e. The summed E-state index contributed by atoms with van der Waals surface area (Å²) in [5.41, 5.74) is 1.37. The summed E-state index contributed by atoms with van der Waals surface area (Å²) in [6.45, 7) is 6.63. The average Bonchev–Trinajstić information content (AvgIpc) is 2.56. The topological polar surface area (TPSA) is 21.3 Å². The molecule has 2 nitrogen and oxygen atoms in total. The van der Waals surface area contributed by atoms with Gasteiger partial charge in [-0.05, 0) is 43.5 Å². The third-order valence-electron chi connectivity index (χ3n) is 3.56. The second-order valence-electron chi connectivity index (χ2n) is 4.98. The average molecular weight is 233 g/mol. The molecule has 17 heavy (non-hydrogen) atoms. The maximum atomic E-state index is 6.11. The molecule has 1 saturated heterocycles. The highest BCUT2D eigenvalue weighted by atomic mass is 16.5. The first kappa shape index (κ1) is 12.4. The molecule has 0 spiro atoms. The van der Waals surface area contributed by atoms with Gasteiger partial charge in [-0.15, -0.1) is 0 Å². The van der Waals surface area contributed by atoms with E-state index in [-0.39, 0.29) is 0 Å². The molecule has 94 valence electrons. The van der Waals surface area contributed by atoms with Crippen molar-refractivity contribution in [3.63, 3.8) is 0 Å². The summed E-state index contributed by atoms with van der Waals surface area (Å²) in [5.74, 6) is 1.60. The summed E-state index contributed by atoms with van der Waals surface area (Å²) >= 11 is 0. The largest absolute Gasteiger partial charge is 0.490 e. The Balaban J connectivity index is 1.98. The Morgan fingerprint density at radius 2 is 2.06 bits per heavy atom. The molecule has 2 atom stereocenters. The number of hydrogen-bond acceptors (Lipinski definition) is 2. The fourth-order valence-electron chi connectivity index (χ4n) is 2.33. The molecule has 1 N–H and O–H groups in total. The van der Waals surface area contributed by atoms with E-state index in [0.29, 0.717) is 12.0 Å². The molecule has 0 bridgehead atoms. The predicted molar refractivity (Wildman–Crippen MR) is 71.5 cm³/mol. The summed E-state index contributed by atoms with van der Waals surface area (Å²) in [6.07, 6.45) is 3.81. The van der Waals surface area contributed by atoms with Crippen LogP contribution in [0.5, 0.6) is 5.75 Å². The van der Waals surface area contributed by atoms with Crippen LogP contribution in [0.3, 0.4) is 0 Å². The molecule has 0 aliphatic carbocycles. The Morgan fingerprint density at radius 1 is 1.29 bits per heavy atom. The van der Waals surface area contributed by atoms with Gasteiger partial charge in [0.1, 0.15) is 11.9 Å². The van der Waals surface area contributed by atoms with Crippen molar-refractivity contribution in [2.75, 3.05) is 13.1 Å². The number of benzene rings is 1. The van der Waals surface area contributed by atoms with Crippen LogP contribution in [0.25, 0.3) is 0 Å². The van der Waals surface area contributed by atoms with Crippen molar-refractivity contribution >= 4 is 0 Å². The minimum Gasteiger partial charge on any atom is -0.490 e. The molecular formula is C15H23NO. The van der Waals surface area contributed by atoms with E-state index in [4.69, 9.17) is 4.74 Å². The second kappa shape index (κ2) is 6.06. The highest BCUT2D eigenvalue weighted by Gasteiger charge is 2.21. The summed E-state index contributed by atoms with van der Waals surface area (Å²) in [5, 5.41) is 3.45. The zero-order valence-electron chi connectivity index (χ0n) is 10.9. The Kier molecular flexibility index (Phi) is 4.43. The number of ether oxygens (including phenoxy) is 1. The van der Waals surface area contributed by atoms with Gasteiger partial charge >= 0.3 is 0 Å². The van der Waals surface area contributed by atoms with Crippen molar-refractivity contribution in [1.82, 2.24) is 5.32 Å². The van der Waals surface area contributed by atoms with Crippen LogP contribution in [0, 0.1) is 5.92 Å². The van der Waals surface area contributed by atoms with Gasteiger partial charge in [0.05, 0.1) is 0 Å². The van der Waals surface area contributed by atoms with E-state index in [2.05, 4.69) is 43.4 Å². The zero-order valence-corrected chi connectivity index (χ0v) is 10.9. The molecule has 2 unspecified atom stereocenters. The molecule has 1 fully saturated rings. The number of hydrogen-bond donors (Lipinski definition) is 1. The van der Waals surface area contributed by atoms with Crippen LogP contribution in [0.1, 0.15) is 32.3 Å². The first-order valence-electron chi connectivity index (χ1n) is 6.76. The fourth-order valence-corrected chi connectivity index (χ4v) is 2.33. The highest BCUT2D eigenvalue weighted by molar-refractivity contribution is 5.27. The molecule has 0 saturated carbocycles. The van der Waals surface area contributed by atoms with Crippen LogP contribution in [0.2, 0.25) is 0 Å². The first-order valence-corrected chi connectivity index (χ1v) is 6.76. The third kappa shape index (κ3) is 3.47. The lowest BCUT2D eigenvalue weighted by Crippen LogP contribution is -2.29. The zero-order chi connectivity index (χ0) is 12.1. The molecular weight excluding hydrogens is 210 g/mol. The van der Waals surface area contributed by atoms with E-state index in [9.17, 15) is 0 Å². The molecule has 1 aromatic carbocycles. The maximum absolute atomic E-state index is 6.11. The Bertz CT molecular complexity index is 333. The lowest BCUT2D eigenvalue weighted by molar-refractivity contribution is 0.141. The van der Waals surface area contributed by atoms with Crippen molar-refractivity contribution in [3.8, 4) is 5.75 Å². The van der Waals surface area contributed by atoms with Gasteiger partial charge in [0.2, 0.25) is 0 Å². The van der Waals surface area contributed by atoms with Gasteiger partial charge in [0, 0.05) is 12.5 Å². The van der Waals surface area contributed by atoms with Crippen molar-refractivity contribution in [1.29, 1.82) is 0 Å². The Labute approximate surface area is 104 Å². The third-order valence-corrected chi connectivity index (χ3v) is 3.56. The molecule has 1 aliphatic rings. The highest BCUT2D eigenvalue weighted by Crippen LogP contribution is 2.21. The molecule has 2 heteroatoms. The van der Waals surface area contributed by atoms with Crippen molar-refractivity contribution in [2.45, 2.75) is 39.2 Å². The van der Waals surface area contributed by atoms with Crippen molar-refractivity contribution < 1.29 is 4.74 Å². The number of rotatable bonds is 3. The quantitative estimate of drug-likeness (QED) is 0.866. The smallest absolute Gasteiger partial charge is 0.119 e. The van der Waals surface area contributed by atoms with E-state index in [1.54, 1.807) is 0 Å². The Hall–Kier alpha value is -1.02. The van der Waals surface area contributed by atoms with E-state index in [1.165, 1.54) is 12.0 Å². The van der Waals surface area contributed by atoms with E-state index in [0.717, 1.165) is 31.7 Å². The molecule has 0 aromatic heterocycles. The molecule has 0 radical (unpaired) electrons. The van der Waals surface area contributed by atoms with Gasteiger partial charge < -0.3 is 10.1 Å². The monoisotopic (exact) mass is 233 g/mol. The summed E-state index contributed by atoms with van der Waals surface area (Å²) in [7, 11) is 0. The predicted octanol–water partition coefficient (Wildman–Crippen LogP) is 3.02. The Morgan fingerprint density at radius 3 is 2.76 bits per heavy atom. The van der Waals surface area contributed by atoms with Gasteiger partial charge in [-0.1, -0.05) is 26.0 Å². The van der Waals surface area contributed by atoms with Gasteiger partial charge in [0.15, 0.2) is 0 Å². The van der Waals surface area contributed by atoms with Crippen LogP contribution in [-0.4, -0.2) is 19.2 Å². The molecule has 1 aromatic rings. The fraction of sp³-hybridized carbons (Fsp3) is 0.600. The van der Waals surface area contributed by atoms with Gasteiger partial charge in [-0.2, -0.15) is 0 Å². The van der Waals surface area contributed by atoms with E-state index >= 15 is 0 Å². The molecule has 2 rings (SSSR count). The first-order chi connectivity index (χ1) is 8.29. The van der Waals surface area contributed by atoms with Crippen LogP contribution < -0.4 is 10.1 Å². The van der Waals surface area contributed by atoms with Crippen molar-refractivity contribution in [3.05, 3.63) is 29.8 Å². The van der Waals surface area contributed by atoms with Gasteiger partial charge in [-0.25, -0.2) is 0 Å².